The van der Waals surface area contributed by atoms with Crippen molar-refractivity contribution in [3.8, 4) is 0 Å². The lowest BCUT2D eigenvalue weighted by atomic mass is 10.0. The highest BCUT2D eigenvalue weighted by Crippen LogP contribution is 2.29. The summed E-state index contributed by atoms with van der Waals surface area (Å²) < 4.78 is 0. The Balaban J connectivity index is 1.67. The third-order valence-corrected chi connectivity index (χ3v) is 4.41. The topological polar surface area (TPSA) is 35.5 Å². The van der Waals surface area contributed by atoms with Crippen LogP contribution < -0.4 is 5.32 Å². The first-order valence-electron chi connectivity index (χ1n) is 7.04. The van der Waals surface area contributed by atoms with Crippen LogP contribution in [0.1, 0.15) is 30.9 Å². The molecule has 2 unspecified atom stereocenters. The Labute approximate surface area is 109 Å². The van der Waals surface area contributed by atoms with Gasteiger partial charge in [0.15, 0.2) is 0 Å². The Morgan fingerprint density at radius 3 is 2.83 bits per heavy atom. The quantitative estimate of drug-likeness (QED) is 0.846. The molecule has 2 aliphatic heterocycles. The molecular formula is C15H22N2O. The molecule has 0 spiro atoms. The molecule has 18 heavy (non-hydrogen) atoms. The zero-order valence-electron chi connectivity index (χ0n) is 10.8. The molecule has 2 fully saturated rings. The number of nitrogens with one attached hydrogen (secondary N) is 1. The average molecular weight is 246 g/mol. The minimum absolute atomic E-state index is 0.0803. The second kappa shape index (κ2) is 5.39. The summed E-state index contributed by atoms with van der Waals surface area (Å²) in [5, 5.41) is 13.3. The van der Waals surface area contributed by atoms with Crippen LogP contribution in [0.3, 0.4) is 0 Å². The highest BCUT2D eigenvalue weighted by Gasteiger charge is 2.37. The Kier molecular flexibility index (Phi) is 3.64. The number of hydrogen-bond acceptors (Lipinski definition) is 3. The van der Waals surface area contributed by atoms with Crippen LogP contribution in [0.15, 0.2) is 30.3 Å². The number of aliphatic hydroxyl groups excluding tert-OH is 1. The molecule has 3 nitrogen and oxygen atoms in total. The molecule has 0 aromatic heterocycles. The molecule has 0 amide bonds. The van der Waals surface area contributed by atoms with E-state index in [1.165, 1.54) is 37.9 Å². The Morgan fingerprint density at radius 2 is 2.06 bits per heavy atom. The zero-order chi connectivity index (χ0) is 12.4. The predicted octanol–water partition coefficient (Wildman–Crippen LogP) is 1.55. The van der Waals surface area contributed by atoms with E-state index in [4.69, 9.17) is 0 Å². The van der Waals surface area contributed by atoms with Crippen molar-refractivity contribution in [2.75, 3.05) is 19.7 Å². The van der Waals surface area contributed by atoms with Crippen LogP contribution in [0.2, 0.25) is 0 Å². The van der Waals surface area contributed by atoms with Gasteiger partial charge in [0, 0.05) is 18.6 Å². The zero-order valence-corrected chi connectivity index (χ0v) is 10.8. The average Bonchev–Trinajstić information content (AvgIpc) is 3.01. The Morgan fingerprint density at radius 1 is 1.22 bits per heavy atom. The molecule has 0 bridgehead atoms. The molecular weight excluding hydrogens is 224 g/mol. The van der Waals surface area contributed by atoms with E-state index >= 15 is 0 Å². The summed E-state index contributed by atoms with van der Waals surface area (Å²) >= 11 is 0. The van der Waals surface area contributed by atoms with Crippen molar-refractivity contribution in [2.45, 2.75) is 37.4 Å². The summed E-state index contributed by atoms with van der Waals surface area (Å²) in [6.07, 6.45) is 3.86. The maximum Gasteiger partial charge on any atom is 0.0626 e. The molecule has 0 saturated carbocycles. The van der Waals surface area contributed by atoms with Gasteiger partial charge in [-0.05, 0) is 31.4 Å². The molecule has 2 heterocycles. The predicted molar refractivity (Wildman–Crippen MR) is 72.4 cm³/mol. The van der Waals surface area contributed by atoms with Crippen molar-refractivity contribution in [1.29, 1.82) is 0 Å². The van der Waals surface area contributed by atoms with E-state index < -0.39 is 0 Å². The van der Waals surface area contributed by atoms with Gasteiger partial charge in [-0.2, -0.15) is 0 Å². The molecule has 3 heteroatoms. The highest BCUT2D eigenvalue weighted by atomic mass is 16.3. The lowest BCUT2D eigenvalue weighted by Crippen LogP contribution is -2.42. The van der Waals surface area contributed by atoms with Crippen molar-refractivity contribution < 1.29 is 5.11 Å². The van der Waals surface area contributed by atoms with Crippen molar-refractivity contribution >= 4 is 0 Å². The molecule has 2 saturated heterocycles. The molecule has 2 aliphatic rings. The van der Waals surface area contributed by atoms with E-state index in [1.807, 2.05) is 18.2 Å². The van der Waals surface area contributed by atoms with Gasteiger partial charge in [0.05, 0.1) is 12.6 Å². The first-order valence-corrected chi connectivity index (χ1v) is 7.04. The Bertz CT molecular complexity index is 381. The molecule has 0 radical (unpaired) electrons. The van der Waals surface area contributed by atoms with Crippen LogP contribution in [-0.4, -0.2) is 41.8 Å². The fourth-order valence-electron chi connectivity index (χ4n) is 3.48. The first-order chi connectivity index (χ1) is 8.88. The standard InChI is InChI=1S/C15H22N2O/c18-11-14(12-5-2-1-3-6-12)16-13-8-10-17-9-4-7-15(13)17/h1-3,5-6,13-16,18H,4,7-11H2/t13?,14-,15?/m0/s1. The molecule has 98 valence electrons. The van der Waals surface area contributed by atoms with E-state index in [0.717, 1.165) is 0 Å². The number of nitrogens with zero attached hydrogens (tertiary/aromatic N) is 1. The van der Waals surface area contributed by atoms with Crippen molar-refractivity contribution in [3.05, 3.63) is 35.9 Å². The lowest BCUT2D eigenvalue weighted by Gasteiger charge is -2.26. The minimum atomic E-state index is 0.0803. The van der Waals surface area contributed by atoms with E-state index in [1.54, 1.807) is 0 Å². The maximum atomic E-state index is 9.60. The Hall–Kier alpha value is -0.900. The van der Waals surface area contributed by atoms with Gasteiger partial charge in [0.25, 0.3) is 0 Å². The molecule has 1 aromatic rings. The van der Waals surface area contributed by atoms with Crippen molar-refractivity contribution in [1.82, 2.24) is 10.2 Å². The first kappa shape index (κ1) is 12.2. The SMILES string of the molecule is OC[C@H](NC1CCN2CCCC12)c1ccccc1. The molecule has 3 atom stereocenters. The third-order valence-electron chi connectivity index (χ3n) is 4.41. The number of aliphatic hydroxyl groups is 1. The van der Waals surface area contributed by atoms with Crippen molar-refractivity contribution in [2.24, 2.45) is 0 Å². The van der Waals surface area contributed by atoms with Gasteiger partial charge in [-0.15, -0.1) is 0 Å². The normalized spacial score (nSPS) is 29.4. The van der Waals surface area contributed by atoms with Crippen LogP contribution in [0.5, 0.6) is 0 Å². The minimum Gasteiger partial charge on any atom is -0.394 e. The largest absolute Gasteiger partial charge is 0.394 e. The van der Waals surface area contributed by atoms with Crippen molar-refractivity contribution in [3.63, 3.8) is 0 Å². The van der Waals surface area contributed by atoms with Crippen LogP contribution in [0.25, 0.3) is 0 Å². The summed E-state index contributed by atoms with van der Waals surface area (Å²) in [6, 6.07) is 11.6. The molecule has 0 aliphatic carbocycles. The van der Waals surface area contributed by atoms with Crippen LogP contribution in [-0.2, 0) is 0 Å². The molecule has 3 rings (SSSR count). The summed E-state index contributed by atoms with van der Waals surface area (Å²) in [5.74, 6) is 0. The van der Waals surface area contributed by atoms with E-state index in [9.17, 15) is 5.11 Å². The fraction of sp³-hybridized carbons (Fsp3) is 0.600. The monoisotopic (exact) mass is 246 g/mol. The van der Waals surface area contributed by atoms with E-state index in [2.05, 4.69) is 22.3 Å². The third kappa shape index (κ3) is 2.30. The molecule has 1 aromatic carbocycles. The van der Waals surface area contributed by atoms with E-state index in [0.29, 0.717) is 12.1 Å². The van der Waals surface area contributed by atoms with Gasteiger partial charge in [0.1, 0.15) is 0 Å². The fourth-order valence-corrected chi connectivity index (χ4v) is 3.48. The highest BCUT2D eigenvalue weighted by molar-refractivity contribution is 5.19. The second-order valence-corrected chi connectivity index (χ2v) is 5.45. The number of fused-ring (bicyclic) bond motifs is 1. The van der Waals surface area contributed by atoms with Gasteiger partial charge in [0.2, 0.25) is 0 Å². The summed E-state index contributed by atoms with van der Waals surface area (Å²) in [7, 11) is 0. The van der Waals surface area contributed by atoms with Crippen LogP contribution in [0, 0.1) is 0 Å². The van der Waals surface area contributed by atoms with Gasteiger partial charge in [-0.1, -0.05) is 30.3 Å². The number of hydrogen-bond donors (Lipinski definition) is 2. The van der Waals surface area contributed by atoms with Crippen LogP contribution in [0.4, 0.5) is 0 Å². The summed E-state index contributed by atoms with van der Waals surface area (Å²) in [4.78, 5) is 2.59. The number of rotatable bonds is 4. The summed E-state index contributed by atoms with van der Waals surface area (Å²) in [6.45, 7) is 2.65. The van der Waals surface area contributed by atoms with Gasteiger partial charge in [-0.25, -0.2) is 0 Å². The van der Waals surface area contributed by atoms with Gasteiger partial charge in [-0.3, -0.25) is 4.90 Å². The van der Waals surface area contributed by atoms with Gasteiger partial charge >= 0.3 is 0 Å². The lowest BCUT2D eigenvalue weighted by molar-refractivity contribution is 0.219. The smallest absolute Gasteiger partial charge is 0.0626 e. The van der Waals surface area contributed by atoms with E-state index in [-0.39, 0.29) is 12.6 Å². The number of benzene rings is 1. The second-order valence-electron chi connectivity index (χ2n) is 5.45. The molecule has 2 N–H and O–H groups in total. The summed E-state index contributed by atoms with van der Waals surface area (Å²) in [5.41, 5.74) is 1.19. The van der Waals surface area contributed by atoms with Gasteiger partial charge < -0.3 is 10.4 Å². The van der Waals surface area contributed by atoms with Crippen LogP contribution >= 0.6 is 0 Å². The maximum absolute atomic E-state index is 9.60.